The molecule has 1 aliphatic carbocycles. The molecule has 1 fully saturated rings. The van der Waals surface area contributed by atoms with Crippen LogP contribution < -0.4 is 11.1 Å². The highest BCUT2D eigenvalue weighted by Gasteiger charge is 2.25. The van der Waals surface area contributed by atoms with E-state index in [1.807, 2.05) is 6.07 Å². The summed E-state index contributed by atoms with van der Waals surface area (Å²) in [6, 6.07) is 6.14. The second-order valence-corrected chi connectivity index (χ2v) is 5.66. The van der Waals surface area contributed by atoms with Gasteiger partial charge in [-0.2, -0.15) is 4.98 Å². The molecule has 1 aliphatic rings. The lowest BCUT2D eigenvalue weighted by Gasteiger charge is -2.26. The van der Waals surface area contributed by atoms with Gasteiger partial charge in [0.2, 0.25) is 5.91 Å². The number of hydrogen-bond donors (Lipinski definition) is 2. The summed E-state index contributed by atoms with van der Waals surface area (Å²) in [6.07, 6.45) is 3.43. The minimum absolute atomic E-state index is 0.00971. The van der Waals surface area contributed by atoms with E-state index in [0.717, 1.165) is 31.2 Å². The van der Waals surface area contributed by atoms with Crippen molar-refractivity contribution >= 4 is 34.6 Å². The molecule has 0 atom stereocenters. The summed E-state index contributed by atoms with van der Waals surface area (Å²) in [7, 11) is 0. The number of halogens is 1. The third-order valence-electron chi connectivity index (χ3n) is 3.81. The van der Waals surface area contributed by atoms with Crippen molar-refractivity contribution in [1.82, 2.24) is 4.98 Å². The minimum atomic E-state index is -0.194. The minimum Gasteiger partial charge on any atom is -0.423 e. The van der Waals surface area contributed by atoms with Gasteiger partial charge in [0.1, 0.15) is 5.52 Å². The number of amides is 1. The van der Waals surface area contributed by atoms with Crippen LogP contribution in [0.25, 0.3) is 11.1 Å². The van der Waals surface area contributed by atoms with Crippen molar-refractivity contribution in [3.05, 3.63) is 23.2 Å². The summed E-state index contributed by atoms with van der Waals surface area (Å²) in [5, 5.41) is 3.90. The van der Waals surface area contributed by atoms with Gasteiger partial charge in [0.25, 0.3) is 6.01 Å². The predicted octanol–water partition coefficient (Wildman–Crippen LogP) is 2.94. The van der Waals surface area contributed by atoms with E-state index in [9.17, 15) is 4.79 Å². The smallest absolute Gasteiger partial charge is 0.295 e. The molecule has 1 aromatic heterocycles. The maximum Gasteiger partial charge on any atom is 0.295 e. The fourth-order valence-corrected chi connectivity index (χ4v) is 2.82. The summed E-state index contributed by atoms with van der Waals surface area (Å²) in [5.74, 6) is -0.185. The van der Waals surface area contributed by atoms with Crippen molar-refractivity contribution in [2.24, 2.45) is 11.7 Å². The number of carbonyl (C=O) groups excluding carboxylic acids is 1. The van der Waals surface area contributed by atoms with E-state index in [-0.39, 0.29) is 17.9 Å². The van der Waals surface area contributed by atoms with E-state index in [0.29, 0.717) is 16.6 Å². The van der Waals surface area contributed by atoms with Crippen molar-refractivity contribution in [2.75, 3.05) is 5.32 Å². The molecule has 0 radical (unpaired) electrons. The van der Waals surface area contributed by atoms with Crippen molar-refractivity contribution in [1.29, 1.82) is 0 Å². The predicted molar refractivity (Wildman–Crippen MR) is 77.6 cm³/mol. The zero-order valence-electron chi connectivity index (χ0n) is 10.9. The molecule has 0 saturated heterocycles. The van der Waals surface area contributed by atoms with Crippen LogP contribution in [0, 0.1) is 5.92 Å². The first-order chi connectivity index (χ1) is 9.61. The molecule has 3 N–H and O–H groups in total. The van der Waals surface area contributed by atoms with Gasteiger partial charge in [-0.15, -0.1) is 0 Å². The Labute approximate surface area is 121 Å². The highest BCUT2D eigenvalue weighted by molar-refractivity contribution is 6.31. The number of hydrogen-bond acceptors (Lipinski definition) is 4. The maximum atomic E-state index is 11.1. The Morgan fingerprint density at radius 2 is 2.10 bits per heavy atom. The maximum absolute atomic E-state index is 11.1. The molecule has 1 amide bonds. The Morgan fingerprint density at radius 1 is 1.35 bits per heavy atom. The standard InChI is InChI=1S/C14H16ClN3O2/c15-9-3-6-11-12(7-9)20-14(18-11)17-10-4-1-8(2-5-10)13(16)19/h3,6-8,10H,1-2,4-5H2,(H2,16,19)(H,17,18)/t8-,10-. The van der Waals surface area contributed by atoms with Gasteiger partial charge in [-0.05, 0) is 37.8 Å². The highest BCUT2D eigenvalue weighted by Crippen LogP contribution is 2.28. The Morgan fingerprint density at radius 3 is 2.80 bits per heavy atom. The van der Waals surface area contributed by atoms with Gasteiger partial charge >= 0.3 is 0 Å². The number of rotatable bonds is 3. The first kappa shape index (κ1) is 13.2. The zero-order chi connectivity index (χ0) is 14.1. The van der Waals surface area contributed by atoms with Crippen LogP contribution in [0.5, 0.6) is 0 Å². The van der Waals surface area contributed by atoms with Crippen LogP contribution in [0.1, 0.15) is 25.7 Å². The Kier molecular flexibility index (Phi) is 3.53. The zero-order valence-corrected chi connectivity index (χ0v) is 11.7. The van der Waals surface area contributed by atoms with Gasteiger partial charge in [-0.3, -0.25) is 4.79 Å². The molecule has 0 bridgehead atoms. The fraction of sp³-hybridized carbons (Fsp3) is 0.429. The molecule has 2 aromatic rings. The fourth-order valence-electron chi connectivity index (χ4n) is 2.66. The van der Waals surface area contributed by atoms with E-state index >= 15 is 0 Å². The number of benzene rings is 1. The van der Waals surface area contributed by atoms with Crippen molar-refractivity contribution in [3.63, 3.8) is 0 Å². The second kappa shape index (κ2) is 5.32. The van der Waals surface area contributed by atoms with Gasteiger partial charge in [0.15, 0.2) is 5.58 Å². The average Bonchev–Trinajstić information content (AvgIpc) is 2.80. The lowest BCUT2D eigenvalue weighted by molar-refractivity contribution is -0.122. The molecule has 5 nitrogen and oxygen atoms in total. The van der Waals surface area contributed by atoms with E-state index < -0.39 is 0 Å². The molecule has 0 unspecified atom stereocenters. The Balaban J connectivity index is 1.66. The third-order valence-corrected chi connectivity index (χ3v) is 4.04. The van der Waals surface area contributed by atoms with Crippen LogP contribution in [-0.4, -0.2) is 16.9 Å². The topological polar surface area (TPSA) is 81.2 Å². The Hall–Kier alpha value is -1.75. The monoisotopic (exact) mass is 293 g/mol. The lowest BCUT2D eigenvalue weighted by Crippen LogP contribution is -2.32. The van der Waals surface area contributed by atoms with Gasteiger partial charge in [0.05, 0.1) is 0 Å². The number of nitrogens with zero attached hydrogens (tertiary/aromatic N) is 1. The molecule has 1 saturated carbocycles. The molecule has 20 heavy (non-hydrogen) atoms. The molecule has 1 aromatic carbocycles. The van der Waals surface area contributed by atoms with Crippen LogP contribution in [0.15, 0.2) is 22.6 Å². The van der Waals surface area contributed by atoms with E-state index in [2.05, 4.69) is 10.3 Å². The van der Waals surface area contributed by atoms with E-state index in [1.165, 1.54) is 0 Å². The normalized spacial score (nSPS) is 22.9. The molecular formula is C14H16ClN3O2. The highest BCUT2D eigenvalue weighted by atomic mass is 35.5. The first-order valence-electron chi connectivity index (χ1n) is 6.74. The molecule has 106 valence electrons. The van der Waals surface area contributed by atoms with Crippen LogP contribution in [-0.2, 0) is 4.79 Å². The molecular weight excluding hydrogens is 278 g/mol. The number of nitrogens with two attached hydrogens (primary N) is 1. The molecule has 0 spiro atoms. The van der Waals surface area contributed by atoms with Crippen molar-refractivity contribution in [3.8, 4) is 0 Å². The number of aromatic nitrogens is 1. The number of anilines is 1. The van der Waals surface area contributed by atoms with E-state index in [1.54, 1.807) is 12.1 Å². The SMILES string of the molecule is NC(=O)[C@H]1CC[C@H](Nc2nc3ccc(Cl)cc3o2)CC1. The van der Waals surface area contributed by atoms with Gasteiger partial charge in [-0.1, -0.05) is 11.6 Å². The largest absolute Gasteiger partial charge is 0.423 e. The lowest BCUT2D eigenvalue weighted by atomic mass is 9.86. The van der Waals surface area contributed by atoms with Crippen LogP contribution in [0.2, 0.25) is 5.02 Å². The summed E-state index contributed by atoms with van der Waals surface area (Å²) in [4.78, 5) is 15.5. The van der Waals surface area contributed by atoms with E-state index in [4.69, 9.17) is 21.8 Å². The number of fused-ring (bicyclic) bond motifs is 1. The first-order valence-corrected chi connectivity index (χ1v) is 7.11. The van der Waals surface area contributed by atoms with Gasteiger partial charge in [-0.25, -0.2) is 0 Å². The number of oxazole rings is 1. The average molecular weight is 294 g/mol. The summed E-state index contributed by atoms with van der Waals surface area (Å²) < 4.78 is 5.63. The van der Waals surface area contributed by atoms with Crippen molar-refractivity contribution in [2.45, 2.75) is 31.7 Å². The summed E-state index contributed by atoms with van der Waals surface area (Å²) in [5.41, 5.74) is 6.78. The number of primary amides is 1. The van der Waals surface area contributed by atoms with Crippen LogP contribution in [0.3, 0.4) is 0 Å². The molecule has 6 heteroatoms. The van der Waals surface area contributed by atoms with Crippen LogP contribution in [0.4, 0.5) is 6.01 Å². The van der Waals surface area contributed by atoms with Gasteiger partial charge < -0.3 is 15.5 Å². The number of carbonyl (C=O) groups is 1. The molecule has 3 rings (SSSR count). The van der Waals surface area contributed by atoms with Crippen LogP contribution >= 0.6 is 11.6 Å². The summed E-state index contributed by atoms with van der Waals surface area (Å²) in [6.45, 7) is 0. The second-order valence-electron chi connectivity index (χ2n) is 5.23. The summed E-state index contributed by atoms with van der Waals surface area (Å²) >= 11 is 5.91. The molecule has 0 aliphatic heterocycles. The number of nitrogens with one attached hydrogen (secondary N) is 1. The van der Waals surface area contributed by atoms with Crippen molar-refractivity contribution < 1.29 is 9.21 Å². The Bertz CT molecular complexity index is 632. The van der Waals surface area contributed by atoms with Gasteiger partial charge in [0, 0.05) is 23.0 Å². The quantitative estimate of drug-likeness (QED) is 0.911. The molecule has 1 heterocycles. The third kappa shape index (κ3) is 2.72.